The van der Waals surface area contributed by atoms with Crippen LogP contribution in [0, 0.1) is 5.92 Å². The van der Waals surface area contributed by atoms with Crippen LogP contribution in [0.15, 0.2) is 11.8 Å². The molecule has 0 bridgehead atoms. The Hall–Kier alpha value is -0.540. The Morgan fingerprint density at radius 1 is 1.62 bits per heavy atom. The molecule has 0 spiro atoms. The third-order valence-electron chi connectivity index (χ3n) is 2.81. The van der Waals surface area contributed by atoms with Crippen LogP contribution in [0.25, 0.3) is 0 Å². The molecule has 0 aromatic rings. The number of hydrogen-bond acceptors (Lipinski definition) is 3. The Bertz CT molecular complexity index is 197. The van der Waals surface area contributed by atoms with E-state index in [2.05, 4.69) is 5.32 Å². The largest absolute Gasteiger partial charge is 0.495 e. The summed E-state index contributed by atoms with van der Waals surface area (Å²) in [5.41, 5.74) is 0. The van der Waals surface area contributed by atoms with E-state index in [4.69, 9.17) is 4.74 Å². The fraction of sp³-hybridized carbons (Fsp3) is 0.800. The van der Waals surface area contributed by atoms with Gasteiger partial charge in [0.25, 0.3) is 0 Å². The molecule has 1 saturated heterocycles. The average Bonchev–Trinajstić information content (AvgIpc) is 2.71. The Labute approximate surface area is 78.8 Å². The van der Waals surface area contributed by atoms with Crippen molar-refractivity contribution < 1.29 is 9.84 Å². The molecule has 0 amide bonds. The van der Waals surface area contributed by atoms with Crippen LogP contribution in [0.3, 0.4) is 0 Å². The van der Waals surface area contributed by atoms with Gasteiger partial charge in [0.1, 0.15) is 11.9 Å². The van der Waals surface area contributed by atoms with Crippen molar-refractivity contribution in [2.45, 2.75) is 25.4 Å². The lowest BCUT2D eigenvalue weighted by atomic mass is 9.92. The predicted molar refractivity (Wildman–Crippen MR) is 50.3 cm³/mol. The third kappa shape index (κ3) is 2.03. The van der Waals surface area contributed by atoms with Gasteiger partial charge in [-0.15, -0.1) is 0 Å². The number of ether oxygens (including phenoxy) is 1. The van der Waals surface area contributed by atoms with Gasteiger partial charge in [-0.1, -0.05) is 0 Å². The van der Waals surface area contributed by atoms with Crippen molar-refractivity contribution in [3.05, 3.63) is 11.8 Å². The van der Waals surface area contributed by atoms with Gasteiger partial charge in [0, 0.05) is 18.9 Å². The molecule has 2 rings (SSSR count). The number of rotatable bonds is 2. The quantitative estimate of drug-likeness (QED) is 0.660. The standard InChI is InChI=1S/C10H17NO2/c12-10(9-4-2-6-13-9)8-3-1-5-11-7-8/h4,8,10-12H,1-3,5-7H2. The number of aliphatic hydroxyl groups is 1. The molecule has 3 nitrogen and oxygen atoms in total. The normalized spacial score (nSPS) is 30.8. The van der Waals surface area contributed by atoms with Gasteiger partial charge in [-0.25, -0.2) is 0 Å². The van der Waals surface area contributed by atoms with Crippen molar-refractivity contribution in [1.82, 2.24) is 5.32 Å². The molecular formula is C10H17NO2. The summed E-state index contributed by atoms with van der Waals surface area (Å²) in [5.74, 6) is 1.15. The zero-order valence-electron chi connectivity index (χ0n) is 7.83. The highest BCUT2D eigenvalue weighted by molar-refractivity contribution is 5.06. The average molecular weight is 183 g/mol. The zero-order chi connectivity index (χ0) is 9.10. The summed E-state index contributed by atoms with van der Waals surface area (Å²) in [6.07, 6.45) is 4.85. The minimum atomic E-state index is -0.379. The predicted octanol–water partition coefficient (Wildman–Crippen LogP) is 0.651. The maximum absolute atomic E-state index is 9.94. The Morgan fingerprint density at radius 3 is 3.15 bits per heavy atom. The van der Waals surface area contributed by atoms with E-state index in [-0.39, 0.29) is 6.10 Å². The van der Waals surface area contributed by atoms with Crippen molar-refractivity contribution in [3.8, 4) is 0 Å². The van der Waals surface area contributed by atoms with Crippen LogP contribution in [-0.2, 0) is 4.74 Å². The third-order valence-corrected chi connectivity index (χ3v) is 2.81. The van der Waals surface area contributed by atoms with E-state index in [0.717, 1.165) is 44.7 Å². The first-order chi connectivity index (χ1) is 6.38. The van der Waals surface area contributed by atoms with E-state index in [1.54, 1.807) is 0 Å². The summed E-state index contributed by atoms with van der Waals surface area (Å²) < 4.78 is 5.35. The van der Waals surface area contributed by atoms with Crippen LogP contribution < -0.4 is 5.32 Å². The Morgan fingerprint density at radius 2 is 2.54 bits per heavy atom. The molecule has 2 atom stereocenters. The van der Waals surface area contributed by atoms with Gasteiger partial charge in [0.15, 0.2) is 0 Å². The molecule has 0 radical (unpaired) electrons. The van der Waals surface area contributed by atoms with E-state index < -0.39 is 0 Å². The molecule has 1 fully saturated rings. The van der Waals surface area contributed by atoms with Crippen LogP contribution in [0.4, 0.5) is 0 Å². The number of aliphatic hydroxyl groups excluding tert-OH is 1. The molecule has 2 aliphatic heterocycles. The fourth-order valence-corrected chi connectivity index (χ4v) is 2.02. The second-order valence-electron chi connectivity index (χ2n) is 3.79. The maximum Gasteiger partial charge on any atom is 0.121 e. The molecule has 2 unspecified atom stereocenters. The molecule has 0 aromatic carbocycles. The van der Waals surface area contributed by atoms with Crippen molar-refractivity contribution >= 4 is 0 Å². The summed E-state index contributed by atoms with van der Waals surface area (Å²) in [6, 6.07) is 0. The van der Waals surface area contributed by atoms with Gasteiger partial charge >= 0.3 is 0 Å². The van der Waals surface area contributed by atoms with Gasteiger partial charge in [0.2, 0.25) is 0 Å². The van der Waals surface area contributed by atoms with Crippen molar-refractivity contribution in [1.29, 1.82) is 0 Å². The SMILES string of the molecule is OC(C1=CCCO1)C1CCCNC1. The highest BCUT2D eigenvalue weighted by atomic mass is 16.5. The first-order valence-electron chi connectivity index (χ1n) is 5.09. The molecule has 2 heterocycles. The van der Waals surface area contributed by atoms with Gasteiger partial charge in [-0.2, -0.15) is 0 Å². The first kappa shape index (κ1) is 9.03. The molecule has 74 valence electrons. The highest BCUT2D eigenvalue weighted by Gasteiger charge is 2.26. The Kier molecular flexibility index (Phi) is 2.86. The minimum absolute atomic E-state index is 0.345. The van der Waals surface area contributed by atoms with Crippen LogP contribution in [-0.4, -0.2) is 30.9 Å². The van der Waals surface area contributed by atoms with Crippen LogP contribution in [0.5, 0.6) is 0 Å². The molecule has 3 heteroatoms. The lowest BCUT2D eigenvalue weighted by Gasteiger charge is -2.27. The number of hydrogen-bond donors (Lipinski definition) is 2. The topological polar surface area (TPSA) is 41.5 Å². The highest BCUT2D eigenvalue weighted by Crippen LogP contribution is 2.23. The minimum Gasteiger partial charge on any atom is -0.495 e. The summed E-state index contributed by atoms with van der Waals surface area (Å²) >= 11 is 0. The molecule has 13 heavy (non-hydrogen) atoms. The Balaban J connectivity index is 1.90. The molecule has 2 aliphatic rings. The van der Waals surface area contributed by atoms with Crippen LogP contribution >= 0.6 is 0 Å². The zero-order valence-corrected chi connectivity index (χ0v) is 7.83. The molecular weight excluding hydrogens is 166 g/mol. The van der Waals surface area contributed by atoms with Crippen molar-refractivity contribution in [2.75, 3.05) is 19.7 Å². The number of piperidine rings is 1. The smallest absolute Gasteiger partial charge is 0.121 e. The lowest BCUT2D eigenvalue weighted by molar-refractivity contribution is 0.0640. The van der Waals surface area contributed by atoms with Crippen molar-refractivity contribution in [2.24, 2.45) is 5.92 Å². The summed E-state index contributed by atoms with van der Waals surface area (Å²) in [5, 5.41) is 13.2. The van der Waals surface area contributed by atoms with E-state index in [9.17, 15) is 5.11 Å². The summed E-state index contributed by atoms with van der Waals surface area (Å²) in [4.78, 5) is 0. The first-order valence-corrected chi connectivity index (χ1v) is 5.09. The monoisotopic (exact) mass is 183 g/mol. The van der Waals surface area contributed by atoms with Crippen LogP contribution in [0.1, 0.15) is 19.3 Å². The van der Waals surface area contributed by atoms with E-state index in [1.165, 1.54) is 0 Å². The molecule has 0 aliphatic carbocycles. The van der Waals surface area contributed by atoms with E-state index in [1.807, 2.05) is 6.08 Å². The summed E-state index contributed by atoms with van der Waals surface area (Å²) in [6.45, 7) is 2.75. The number of nitrogens with one attached hydrogen (secondary N) is 1. The van der Waals surface area contributed by atoms with E-state index in [0.29, 0.717) is 5.92 Å². The van der Waals surface area contributed by atoms with Crippen molar-refractivity contribution in [3.63, 3.8) is 0 Å². The van der Waals surface area contributed by atoms with Crippen LogP contribution in [0.2, 0.25) is 0 Å². The van der Waals surface area contributed by atoms with Gasteiger partial charge in [-0.3, -0.25) is 0 Å². The molecule has 2 N–H and O–H groups in total. The van der Waals surface area contributed by atoms with Gasteiger partial charge in [-0.05, 0) is 25.5 Å². The maximum atomic E-state index is 9.94. The molecule has 0 saturated carbocycles. The fourth-order valence-electron chi connectivity index (χ4n) is 2.02. The summed E-state index contributed by atoms with van der Waals surface area (Å²) in [7, 11) is 0. The second-order valence-corrected chi connectivity index (χ2v) is 3.79. The van der Waals surface area contributed by atoms with Gasteiger partial charge in [0.05, 0.1) is 6.61 Å². The van der Waals surface area contributed by atoms with Gasteiger partial charge < -0.3 is 15.2 Å². The lowest BCUT2D eigenvalue weighted by Crippen LogP contribution is -2.37. The second kappa shape index (κ2) is 4.11. The molecule has 0 aromatic heterocycles. The van der Waals surface area contributed by atoms with E-state index >= 15 is 0 Å².